The molecule has 0 aromatic heterocycles. The number of carbonyl (C=O) groups is 2. The molecule has 0 radical (unpaired) electrons. The summed E-state index contributed by atoms with van der Waals surface area (Å²) in [7, 11) is 1.72. The van der Waals surface area contributed by atoms with Crippen molar-refractivity contribution in [2.24, 2.45) is 0 Å². The largest absolute Gasteiger partial charge is 0.480 e. The molecule has 0 bridgehead atoms. The molecular weight excluding hydrogens is 320 g/mol. The molecule has 0 unspecified atom stereocenters. The third-order valence-corrected chi connectivity index (χ3v) is 4.18. The van der Waals surface area contributed by atoms with Gasteiger partial charge in [-0.25, -0.2) is 0 Å². The molecule has 1 fully saturated rings. The number of carbonyl (C=O) groups excluding carboxylic acids is 1. The van der Waals surface area contributed by atoms with Gasteiger partial charge in [-0.3, -0.25) is 14.5 Å². The summed E-state index contributed by atoms with van der Waals surface area (Å²) in [6, 6.07) is 5.23. The number of nitrogens with zero attached hydrogens (tertiary/aromatic N) is 2. The Kier molecular flexibility index (Phi) is 5.98. The molecule has 1 aliphatic rings. The Morgan fingerprint density at radius 2 is 2.22 bits per heavy atom. The quantitative estimate of drug-likeness (QED) is 0.879. The van der Waals surface area contributed by atoms with Crippen LogP contribution < -0.4 is 0 Å². The second-order valence-electron chi connectivity index (χ2n) is 5.80. The van der Waals surface area contributed by atoms with E-state index in [1.54, 1.807) is 35.0 Å². The van der Waals surface area contributed by atoms with Crippen LogP contribution in [0.15, 0.2) is 18.2 Å². The molecule has 23 heavy (non-hydrogen) atoms. The highest BCUT2D eigenvalue weighted by Gasteiger charge is 2.26. The fourth-order valence-corrected chi connectivity index (χ4v) is 2.74. The van der Waals surface area contributed by atoms with Gasteiger partial charge in [0.1, 0.15) is 0 Å². The fourth-order valence-electron chi connectivity index (χ4n) is 2.62. The smallest absolute Gasteiger partial charge is 0.317 e. The summed E-state index contributed by atoms with van der Waals surface area (Å²) in [5, 5.41) is 9.43. The van der Waals surface area contributed by atoms with Crippen LogP contribution >= 0.6 is 11.6 Å². The molecule has 1 saturated heterocycles. The number of halogens is 1. The van der Waals surface area contributed by atoms with E-state index in [0.717, 1.165) is 5.56 Å². The van der Waals surface area contributed by atoms with Gasteiger partial charge in [0, 0.05) is 30.2 Å². The molecule has 2 rings (SSSR count). The van der Waals surface area contributed by atoms with Gasteiger partial charge in [0.15, 0.2) is 0 Å². The van der Waals surface area contributed by atoms with E-state index in [4.69, 9.17) is 21.4 Å². The lowest BCUT2D eigenvalue weighted by atomic mass is 10.1. The second-order valence-corrected chi connectivity index (χ2v) is 6.21. The van der Waals surface area contributed by atoms with Gasteiger partial charge in [-0.2, -0.15) is 0 Å². The van der Waals surface area contributed by atoms with Crippen molar-refractivity contribution in [2.45, 2.75) is 13.0 Å². The number of carboxylic acids is 1. The Morgan fingerprint density at radius 1 is 1.48 bits per heavy atom. The molecule has 1 N–H and O–H groups in total. The predicted octanol–water partition coefficient (Wildman–Crippen LogP) is 1.51. The Balaban J connectivity index is 1.98. The average molecular weight is 341 g/mol. The van der Waals surface area contributed by atoms with Crippen LogP contribution in [0.1, 0.15) is 15.9 Å². The van der Waals surface area contributed by atoms with E-state index in [1.165, 1.54) is 0 Å². The summed E-state index contributed by atoms with van der Waals surface area (Å²) in [5.41, 5.74) is 1.47. The molecule has 1 heterocycles. The summed E-state index contributed by atoms with van der Waals surface area (Å²) >= 11 is 5.99. The minimum Gasteiger partial charge on any atom is -0.480 e. The maximum absolute atomic E-state index is 12.6. The molecule has 1 aromatic rings. The number of rotatable bonds is 5. The lowest BCUT2D eigenvalue weighted by molar-refractivity contribution is -0.138. The number of likely N-dealkylation sites (N-methyl/N-ethyl adjacent to an activating group) is 1. The maximum Gasteiger partial charge on any atom is 0.317 e. The van der Waals surface area contributed by atoms with Gasteiger partial charge < -0.3 is 14.7 Å². The highest BCUT2D eigenvalue weighted by Crippen LogP contribution is 2.18. The number of benzene rings is 1. The number of hydrogen-bond donors (Lipinski definition) is 1. The number of amides is 1. The third-order valence-electron chi connectivity index (χ3n) is 3.75. The van der Waals surface area contributed by atoms with Crippen molar-refractivity contribution in [3.63, 3.8) is 0 Å². The lowest BCUT2D eigenvalue weighted by Gasteiger charge is -2.34. The molecule has 1 aliphatic heterocycles. The SMILES string of the molecule is Cc1cc(C(=O)N2CCO[C@@H](CN(C)CC(=O)O)C2)ccc1Cl. The van der Waals surface area contributed by atoms with Crippen LogP contribution in [0.5, 0.6) is 0 Å². The van der Waals surface area contributed by atoms with Gasteiger partial charge in [0.2, 0.25) is 0 Å². The first-order chi connectivity index (χ1) is 10.9. The van der Waals surface area contributed by atoms with E-state index in [1.807, 2.05) is 6.92 Å². The Hall–Kier alpha value is -1.63. The molecule has 6 nitrogen and oxygen atoms in total. The Bertz CT molecular complexity index is 593. The van der Waals surface area contributed by atoms with Gasteiger partial charge in [-0.15, -0.1) is 0 Å². The van der Waals surface area contributed by atoms with Crippen LogP contribution in [0.3, 0.4) is 0 Å². The van der Waals surface area contributed by atoms with Crippen molar-refractivity contribution in [3.8, 4) is 0 Å². The number of ether oxygens (including phenoxy) is 1. The van der Waals surface area contributed by atoms with Gasteiger partial charge >= 0.3 is 5.97 Å². The summed E-state index contributed by atoms with van der Waals surface area (Å²) in [5.74, 6) is -0.938. The van der Waals surface area contributed by atoms with E-state index in [9.17, 15) is 9.59 Å². The van der Waals surface area contributed by atoms with Crippen molar-refractivity contribution in [1.82, 2.24) is 9.80 Å². The number of morpholine rings is 1. The molecule has 7 heteroatoms. The van der Waals surface area contributed by atoms with Crippen molar-refractivity contribution in [2.75, 3.05) is 39.8 Å². The zero-order chi connectivity index (χ0) is 17.0. The second kappa shape index (κ2) is 7.77. The zero-order valence-electron chi connectivity index (χ0n) is 13.3. The number of aryl methyl sites for hydroxylation is 1. The molecule has 126 valence electrons. The van der Waals surface area contributed by atoms with Crippen molar-refractivity contribution >= 4 is 23.5 Å². The highest BCUT2D eigenvalue weighted by molar-refractivity contribution is 6.31. The normalized spacial score (nSPS) is 18.3. The van der Waals surface area contributed by atoms with E-state index in [2.05, 4.69) is 0 Å². The minimum absolute atomic E-state index is 0.0514. The maximum atomic E-state index is 12.6. The molecule has 1 aromatic carbocycles. The lowest BCUT2D eigenvalue weighted by Crippen LogP contribution is -2.49. The number of hydrogen-bond acceptors (Lipinski definition) is 4. The molecule has 0 spiro atoms. The van der Waals surface area contributed by atoms with Crippen LogP contribution in [0.2, 0.25) is 5.02 Å². The van der Waals surface area contributed by atoms with Crippen LogP contribution in [0.25, 0.3) is 0 Å². The van der Waals surface area contributed by atoms with Gasteiger partial charge in [0.25, 0.3) is 5.91 Å². The topological polar surface area (TPSA) is 70.1 Å². The summed E-state index contributed by atoms with van der Waals surface area (Å²) in [4.78, 5) is 26.7. The molecule has 0 saturated carbocycles. The van der Waals surface area contributed by atoms with Crippen LogP contribution in [0, 0.1) is 6.92 Å². The first-order valence-corrected chi connectivity index (χ1v) is 7.82. The van der Waals surface area contributed by atoms with Crippen molar-refractivity contribution in [3.05, 3.63) is 34.3 Å². The third kappa shape index (κ3) is 4.92. The Labute approximate surface area is 140 Å². The van der Waals surface area contributed by atoms with Gasteiger partial charge in [0.05, 0.1) is 19.3 Å². The fraction of sp³-hybridized carbons (Fsp3) is 0.500. The van der Waals surface area contributed by atoms with Crippen LogP contribution in [0.4, 0.5) is 0 Å². The van der Waals surface area contributed by atoms with Crippen molar-refractivity contribution < 1.29 is 19.4 Å². The molecule has 0 aliphatic carbocycles. The van der Waals surface area contributed by atoms with Crippen LogP contribution in [-0.4, -0.2) is 72.7 Å². The van der Waals surface area contributed by atoms with E-state index >= 15 is 0 Å². The summed E-state index contributed by atoms with van der Waals surface area (Å²) in [6.45, 7) is 3.70. The first-order valence-electron chi connectivity index (χ1n) is 7.44. The highest BCUT2D eigenvalue weighted by atomic mass is 35.5. The van der Waals surface area contributed by atoms with Crippen LogP contribution in [-0.2, 0) is 9.53 Å². The monoisotopic (exact) mass is 340 g/mol. The van der Waals surface area contributed by atoms with Gasteiger partial charge in [-0.05, 0) is 37.7 Å². The van der Waals surface area contributed by atoms with E-state index in [0.29, 0.717) is 36.8 Å². The Morgan fingerprint density at radius 3 is 2.87 bits per heavy atom. The standard InChI is InChI=1S/C16H21ClN2O4/c1-11-7-12(3-4-14(11)17)16(22)19-5-6-23-13(9-19)8-18(2)10-15(20)21/h3-4,7,13H,5-6,8-10H2,1-2H3,(H,20,21)/t13-/m0/s1. The average Bonchev–Trinajstić information content (AvgIpc) is 2.48. The summed E-state index contributed by atoms with van der Waals surface area (Å²) < 4.78 is 5.64. The first kappa shape index (κ1) is 17.7. The zero-order valence-corrected chi connectivity index (χ0v) is 14.0. The minimum atomic E-state index is -0.882. The van der Waals surface area contributed by atoms with E-state index < -0.39 is 5.97 Å². The molecule has 1 amide bonds. The number of carboxylic acid groups (broad SMARTS) is 1. The van der Waals surface area contributed by atoms with Gasteiger partial charge in [-0.1, -0.05) is 11.6 Å². The number of aliphatic carboxylic acids is 1. The van der Waals surface area contributed by atoms with Crippen molar-refractivity contribution in [1.29, 1.82) is 0 Å². The molecule has 1 atom stereocenters. The predicted molar refractivity (Wildman–Crippen MR) is 87.0 cm³/mol. The molecular formula is C16H21ClN2O4. The summed E-state index contributed by atoms with van der Waals surface area (Å²) in [6.07, 6.45) is -0.189. The van der Waals surface area contributed by atoms with E-state index in [-0.39, 0.29) is 18.6 Å².